The van der Waals surface area contributed by atoms with Crippen molar-refractivity contribution < 1.29 is 19.2 Å². The highest BCUT2D eigenvalue weighted by atomic mass is 79.9. The van der Waals surface area contributed by atoms with E-state index in [9.17, 15) is 19.7 Å². The van der Waals surface area contributed by atoms with E-state index < -0.39 is 16.8 Å². The van der Waals surface area contributed by atoms with E-state index in [0.29, 0.717) is 16.5 Å². The number of esters is 1. The Labute approximate surface area is 154 Å². The minimum atomic E-state index is -0.631. The number of hydrogen-bond donors (Lipinski definition) is 1. The van der Waals surface area contributed by atoms with Gasteiger partial charge in [0.1, 0.15) is 11.0 Å². The second-order valence-corrected chi connectivity index (χ2v) is 6.46. The Hall–Kier alpha value is -2.34. The fourth-order valence-electron chi connectivity index (χ4n) is 1.88. The van der Waals surface area contributed by atoms with E-state index in [1.807, 2.05) is 0 Å². The van der Waals surface area contributed by atoms with E-state index in [-0.39, 0.29) is 29.9 Å². The Balaban J connectivity index is 1.99. The molecule has 2 rings (SSSR count). The number of halogens is 1. The van der Waals surface area contributed by atoms with Gasteiger partial charge in [-0.15, -0.1) is 11.3 Å². The van der Waals surface area contributed by atoms with E-state index in [0.717, 1.165) is 0 Å². The zero-order valence-electron chi connectivity index (χ0n) is 13.3. The van der Waals surface area contributed by atoms with Gasteiger partial charge in [-0.1, -0.05) is 0 Å². The molecule has 1 amide bonds. The number of nitro groups is 1. The number of anilines is 1. The van der Waals surface area contributed by atoms with Crippen molar-refractivity contribution in [1.82, 2.24) is 14.8 Å². The third kappa shape index (κ3) is 4.82. The van der Waals surface area contributed by atoms with Crippen LogP contribution in [0.1, 0.15) is 18.3 Å². The highest BCUT2D eigenvalue weighted by molar-refractivity contribution is 9.10. The molecular formula is C13H14BrN5O5S. The van der Waals surface area contributed by atoms with Gasteiger partial charge in [-0.25, -0.2) is 4.98 Å². The van der Waals surface area contributed by atoms with E-state index in [2.05, 4.69) is 31.3 Å². The maximum atomic E-state index is 12.1. The van der Waals surface area contributed by atoms with Gasteiger partial charge in [0, 0.05) is 5.38 Å². The van der Waals surface area contributed by atoms with Crippen molar-refractivity contribution in [3.05, 3.63) is 31.4 Å². The van der Waals surface area contributed by atoms with Gasteiger partial charge in [-0.05, 0) is 34.7 Å². The lowest BCUT2D eigenvalue weighted by molar-refractivity contribution is -0.390. The molecule has 0 unspecified atom stereocenters. The molecule has 10 nitrogen and oxygen atoms in total. The summed E-state index contributed by atoms with van der Waals surface area (Å²) in [6.07, 6.45) is 0.0254. The van der Waals surface area contributed by atoms with E-state index >= 15 is 0 Å². The highest BCUT2D eigenvalue weighted by Gasteiger charge is 2.24. The minimum absolute atomic E-state index is 0.0254. The standard InChI is InChI=1S/C13H14BrN5O5S/c1-3-24-10(21)4-8-6-25-13(15-8)16-9(20)5-18-7(2)11(14)12(17-18)19(22)23/h6H,3-5H2,1-2H3,(H,15,16,20). The summed E-state index contributed by atoms with van der Waals surface area (Å²) in [5, 5.41) is 19.2. The van der Waals surface area contributed by atoms with Crippen molar-refractivity contribution >= 4 is 50.1 Å². The predicted octanol–water partition coefficient (Wildman–Crippen LogP) is 2.06. The molecule has 0 radical (unpaired) electrons. The molecule has 0 aliphatic heterocycles. The quantitative estimate of drug-likeness (QED) is 0.403. The van der Waals surface area contributed by atoms with Gasteiger partial charge in [-0.2, -0.15) is 4.68 Å². The molecule has 12 heteroatoms. The van der Waals surface area contributed by atoms with E-state index in [1.54, 1.807) is 19.2 Å². The van der Waals surface area contributed by atoms with Crippen LogP contribution in [0, 0.1) is 17.0 Å². The number of ether oxygens (including phenoxy) is 1. The van der Waals surface area contributed by atoms with Crippen molar-refractivity contribution in [3.8, 4) is 0 Å². The predicted molar refractivity (Wildman–Crippen MR) is 92.4 cm³/mol. The lowest BCUT2D eigenvalue weighted by Crippen LogP contribution is -2.20. The van der Waals surface area contributed by atoms with Crippen LogP contribution in [0.5, 0.6) is 0 Å². The first kappa shape index (κ1) is 19.0. The number of nitrogens with one attached hydrogen (secondary N) is 1. The van der Waals surface area contributed by atoms with Crippen LogP contribution in [-0.4, -0.2) is 38.2 Å². The van der Waals surface area contributed by atoms with Crippen LogP contribution in [0.15, 0.2) is 9.85 Å². The first-order valence-electron chi connectivity index (χ1n) is 7.09. The molecule has 2 aromatic heterocycles. The molecule has 0 saturated carbocycles. The summed E-state index contributed by atoms with van der Waals surface area (Å²) in [5.41, 5.74) is 0.955. The molecular weight excluding hydrogens is 418 g/mol. The summed E-state index contributed by atoms with van der Waals surface area (Å²) in [6.45, 7) is 3.41. The van der Waals surface area contributed by atoms with Gasteiger partial charge < -0.3 is 20.2 Å². The zero-order valence-corrected chi connectivity index (χ0v) is 15.7. The van der Waals surface area contributed by atoms with Crippen LogP contribution >= 0.6 is 27.3 Å². The number of thiazole rings is 1. The number of amides is 1. The lowest BCUT2D eigenvalue weighted by Gasteiger charge is -2.01. The molecule has 0 aliphatic rings. The second kappa shape index (κ2) is 8.16. The summed E-state index contributed by atoms with van der Waals surface area (Å²) >= 11 is 4.25. The topological polar surface area (TPSA) is 129 Å². The molecule has 2 aromatic rings. The Morgan fingerprint density at radius 3 is 2.84 bits per heavy atom. The molecule has 0 fully saturated rings. The van der Waals surface area contributed by atoms with Crippen molar-refractivity contribution in [2.75, 3.05) is 11.9 Å². The Bertz CT molecular complexity index is 818. The number of rotatable bonds is 7. The third-order valence-corrected chi connectivity index (χ3v) is 4.75. The van der Waals surface area contributed by atoms with Crippen LogP contribution in [0.25, 0.3) is 0 Å². The molecule has 0 bridgehead atoms. The van der Waals surface area contributed by atoms with Gasteiger partial charge >= 0.3 is 11.8 Å². The SMILES string of the molecule is CCOC(=O)Cc1csc(NC(=O)Cn2nc([N+](=O)[O-])c(Br)c2C)n1. The average Bonchev–Trinajstić information content (AvgIpc) is 3.07. The smallest absolute Gasteiger partial charge is 0.404 e. The molecule has 25 heavy (non-hydrogen) atoms. The van der Waals surface area contributed by atoms with Crippen molar-refractivity contribution in [3.63, 3.8) is 0 Å². The van der Waals surface area contributed by atoms with Crippen LogP contribution in [-0.2, 0) is 27.3 Å². The number of carbonyl (C=O) groups excluding carboxylic acids is 2. The van der Waals surface area contributed by atoms with Gasteiger partial charge in [0.2, 0.25) is 5.91 Å². The molecule has 0 saturated heterocycles. The van der Waals surface area contributed by atoms with E-state index in [1.165, 1.54) is 16.0 Å². The first-order chi connectivity index (χ1) is 11.8. The van der Waals surface area contributed by atoms with Crippen LogP contribution in [0.3, 0.4) is 0 Å². The largest absolute Gasteiger partial charge is 0.466 e. The molecule has 0 aliphatic carbocycles. The van der Waals surface area contributed by atoms with Gasteiger partial charge in [0.25, 0.3) is 0 Å². The third-order valence-electron chi connectivity index (χ3n) is 3.01. The summed E-state index contributed by atoms with van der Waals surface area (Å²) in [7, 11) is 0. The maximum Gasteiger partial charge on any atom is 0.404 e. The van der Waals surface area contributed by atoms with Crippen molar-refractivity contribution in [2.24, 2.45) is 0 Å². The Morgan fingerprint density at radius 1 is 1.52 bits per heavy atom. The molecule has 0 aromatic carbocycles. The number of nitrogens with zero attached hydrogens (tertiary/aromatic N) is 4. The molecule has 2 heterocycles. The monoisotopic (exact) mass is 431 g/mol. The lowest BCUT2D eigenvalue weighted by atomic mass is 10.3. The summed E-state index contributed by atoms with van der Waals surface area (Å²) in [4.78, 5) is 37.8. The molecule has 134 valence electrons. The van der Waals surface area contributed by atoms with Gasteiger partial charge in [0.05, 0.1) is 29.5 Å². The number of hydrogen-bond acceptors (Lipinski definition) is 8. The summed E-state index contributed by atoms with van der Waals surface area (Å²) < 4.78 is 6.29. The summed E-state index contributed by atoms with van der Waals surface area (Å²) in [6, 6.07) is 0. The van der Waals surface area contributed by atoms with Crippen LogP contribution in [0.2, 0.25) is 0 Å². The van der Waals surface area contributed by atoms with Crippen molar-refractivity contribution in [2.45, 2.75) is 26.8 Å². The highest BCUT2D eigenvalue weighted by Crippen LogP contribution is 2.27. The van der Waals surface area contributed by atoms with Gasteiger partial charge in [-0.3, -0.25) is 9.59 Å². The fraction of sp³-hybridized carbons (Fsp3) is 0.385. The van der Waals surface area contributed by atoms with E-state index in [4.69, 9.17) is 4.74 Å². The minimum Gasteiger partial charge on any atom is -0.466 e. The maximum absolute atomic E-state index is 12.1. The first-order valence-corrected chi connectivity index (χ1v) is 8.76. The zero-order chi connectivity index (χ0) is 18.6. The fourth-order valence-corrected chi connectivity index (χ4v) is 3.03. The Kier molecular flexibility index (Phi) is 6.20. The van der Waals surface area contributed by atoms with Crippen LogP contribution in [0.4, 0.5) is 10.9 Å². The average molecular weight is 432 g/mol. The number of aromatic nitrogens is 3. The molecule has 1 N–H and O–H groups in total. The normalized spacial score (nSPS) is 10.5. The van der Waals surface area contributed by atoms with Crippen molar-refractivity contribution in [1.29, 1.82) is 0 Å². The molecule has 0 atom stereocenters. The second-order valence-electron chi connectivity index (χ2n) is 4.81. The Morgan fingerprint density at radius 2 is 2.24 bits per heavy atom. The molecule has 0 spiro atoms. The summed E-state index contributed by atoms with van der Waals surface area (Å²) in [5.74, 6) is -1.18. The van der Waals surface area contributed by atoms with Crippen LogP contribution < -0.4 is 5.32 Å². The van der Waals surface area contributed by atoms with Gasteiger partial charge in [0.15, 0.2) is 5.13 Å². The number of carbonyl (C=O) groups is 2.